The zero-order chi connectivity index (χ0) is 14.8. The van der Waals surface area contributed by atoms with E-state index >= 15 is 0 Å². The number of aromatic nitrogens is 2. The van der Waals surface area contributed by atoms with Crippen molar-refractivity contribution in [2.45, 2.75) is 13.5 Å². The highest BCUT2D eigenvalue weighted by Crippen LogP contribution is 2.34. The predicted octanol–water partition coefficient (Wildman–Crippen LogP) is 0.919. The fourth-order valence-electron chi connectivity index (χ4n) is 1.98. The van der Waals surface area contributed by atoms with Crippen molar-refractivity contribution >= 4 is 11.6 Å². The summed E-state index contributed by atoms with van der Waals surface area (Å²) in [7, 11) is 0. The fourth-order valence-corrected chi connectivity index (χ4v) is 1.98. The lowest BCUT2D eigenvalue weighted by molar-refractivity contribution is -0.117. The number of nitrogens with one attached hydrogen (secondary N) is 1. The maximum absolute atomic E-state index is 12.0. The molecule has 2 aromatic rings. The summed E-state index contributed by atoms with van der Waals surface area (Å²) in [5.41, 5.74) is 0.928. The maximum atomic E-state index is 12.0. The number of benzene rings is 1. The second kappa shape index (κ2) is 5.28. The monoisotopic (exact) mass is 287 g/mol. The first-order chi connectivity index (χ1) is 10.1. The topological polar surface area (TPSA) is 82.5 Å². The Labute approximate surface area is 120 Å². The van der Waals surface area contributed by atoms with Gasteiger partial charge in [0.2, 0.25) is 12.7 Å². The number of nitrogens with zero attached hydrogens (tertiary/aromatic N) is 2. The minimum atomic E-state index is -0.339. The maximum Gasteiger partial charge on any atom is 0.267 e. The van der Waals surface area contributed by atoms with Gasteiger partial charge in [-0.3, -0.25) is 9.59 Å². The third-order valence-electron chi connectivity index (χ3n) is 2.95. The Balaban J connectivity index is 1.72. The van der Waals surface area contributed by atoms with Crippen LogP contribution in [0.1, 0.15) is 5.69 Å². The third-order valence-corrected chi connectivity index (χ3v) is 2.95. The van der Waals surface area contributed by atoms with Crippen molar-refractivity contribution in [3.8, 4) is 11.5 Å². The predicted molar refractivity (Wildman–Crippen MR) is 74.4 cm³/mol. The number of rotatable bonds is 3. The molecule has 3 rings (SSSR count). The average Bonchev–Trinajstić information content (AvgIpc) is 2.90. The Kier molecular flexibility index (Phi) is 3.31. The SMILES string of the molecule is Cc1ccc(=O)n(CC(=O)Nc2ccc3c(c2)OCO3)n1. The van der Waals surface area contributed by atoms with Gasteiger partial charge in [-0.1, -0.05) is 0 Å². The molecular weight excluding hydrogens is 274 g/mol. The van der Waals surface area contributed by atoms with Crippen molar-refractivity contribution in [1.82, 2.24) is 9.78 Å². The smallest absolute Gasteiger partial charge is 0.267 e. The lowest BCUT2D eigenvalue weighted by Gasteiger charge is -2.07. The Hall–Kier alpha value is -2.83. The van der Waals surface area contributed by atoms with Gasteiger partial charge in [0.15, 0.2) is 11.5 Å². The van der Waals surface area contributed by atoms with Crippen molar-refractivity contribution in [2.75, 3.05) is 12.1 Å². The molecule has 0 unspecified atom stereocenters. The first kappa shape index (κ1) is 13.2. The van der Waals surface area contributed by atoms with Crippen molar-refractivity contribution in [3.63, 3.8) is 0 Å². The normalized spacial score (nSPS) is 12.2. The van der Waals surface area contributed by atoms with E-state index in [2.05, 4.69) is 10.4 Å². The van der Waals surface area contributed by atoms with E-state index in [1.54, 1.807) is 31.2 Å². The molecule has 0 aliphatic carbocycles. The molecule has 1 N–H and O–H groups in total. The molecule has 0 spiro atoms. The number of carbonyl (C=O) groups excluding carboxylic acids is 1. The number of ether oxygens (including phenoxy) is 2. The zero-order valence-electron chi connectivity index (χ0n) is 11.3. The number of anilines is 1. The second-order valence-electron chi connectivity index (χ2n) is 4.59. The third kappa shape index (κ3) is 2.86. The second-order valence-corrected chi connectivity index (χ2v) is 4.59. The molecule has 1 aliphatic heterocycles. The van der Waals surface area contributed by atoms with Gasteiger partial charge < -0.3 is 14.8 Å². The molecule has 0 saturated carbocycles. The van der Waals surface area contributed by atoms with E-state index in [1.807, 2.05) is 0 Å². The molecular formula is C14H13N3O4. The number of hydrogen-bond donors (Lipinski definition) is 1. The molecule has 0 radical (unpaired) electrons. The minimum Gasteiger partial charge on any atom is -0.454 e. The van der Waals surface area contributed by atoms with Crippen LogP contribution in [0.2, 0.25) is 0 Å². The van der Waals surface area contributed by atoms with E-state index in [9.17, 15) is 9.59 Å². The van der Waals surface area contributed by atoms with Crippen LogP contribution >= 0.6 is 0 Å². The Bertz CT molecular complexity index is 754. The molecule has 0 saturated heterocycles. The summed E-state index contributed by atoms with van der Waals surface area (Å²) in [6.07, 6.45) is 0. The van der Waals surface area contributed by atoms with Crippen LogP contribution < -0.4 is 20.3 Å². The summed E-state index contributed by atoms with van der Waals surface area (Å²) in [5, 5.41) is 6.70. The molecule has 2 heterocycles. The minimum absolute atomic E-state index is 0.144. The highest BCUT2D eigenvalue weighted by Gasteiger charge is 2.14. The van der Waals surface area contributed by atoms with Gasteiger partial charge in [0.1, 0.15) is 6.54 Å². The van der Waals surface area contributed by atoms with Crippen molar-refractivity contribution in [3.05, 3.63) is 46.4 Å². The molecule has 0 atom stereocenters. The van der Waals surface area contributed by atoms with Crippen molar-refractivity contribution < 1.29 is 14.3 Å². The van der Waals surface area contributed by atoms with Crippen LogP contribution in [-0.2, 0) is 11.3 Å². The molecule has 1 amide bonds. The van der Waals surface area contributed by atoms with Gasteiger partial charge >= 0.3 is 0 Å². The van der Waals surface area contributed by atoms with Gasteiger partial charge in [-0.2, -0.15) is 5.10 Å². The van der Waals surface area contributed by atoms with Gasteiger partial charge in [-0.15, -0.1) is 0 Å². The van der Waals surface area contributed by atoms with Crippen molar-refractivity contribution in [1.29, 1.82) is 0 Å². The van der Waals surface area contributed by atoms with E-state index < -0.39 is 0 Å². The Morgan fingerprint density at radius 2 is 2.10 bits per heavy atom. The molecule has 1 aromatic heterocycles. The van der Waals surface area contributed by atoms with E-state index in [0.29, 0.717) is 22.9 Å². The quantitative estimate of drug-likeness (QED) is 0.907. The highest BCUT2D eigenvalue weighted by atomic mass is 16.7. The summed E-state index contributed by atoms with van der Waals surface area (Å²) in [6, 6.07) is 8.09. The van der Waals surface area contributed by atoms with Crippen LogP contribution in [0.4, 0.5) is 5.69 Å². The fraction of sp³-hybridized carbons (Fsp3) is 0.214. The number of amides is 1. The zero-order valence-corrected chi connectivity index (χ0v) is 11.3. The first-order valence-corrected chi connectivity index (χ1v) is 6.36. The van der Waals surface area contributed by atoms with Crippen LogP contribution in [0, 0.1) is 6.92 Å². The van der Waals surface area contributed by atoms with Crippen LogP contribution in [0.25, 0.3) is 0 Å². The molecule has 7 nitrogen and oxygen atoms in total. The van der Waals surface area contributed by atoms with E-state index in [-0.39, 0.29) is 24.8 Å². The van der Waals surface area contributed by atoms with Crippen LogP contribution in [0.3, 0.4) is 0 Å². The average molecular weight is 287 g/mol. The van der Waals surface area contributed by atoms with Crippen molar-refractivity contribution in [2.24, 2.45) is 0 Å². The number of aryl methyl sites for hydroxylation is 1. The number of hydrogen-bond acceptors (Lipinski definition) is 5. The summed E-state index contributed by atoms with van der Waals surface area (Å²) in [6.45, 7) is 1.79. The van der Waals surface area contributed by atoms with Gasteiger partial charge in [-0.25, -0.2) is 4.68 Å². The molecule has 21 heavy (non-hydrogen) atoms. The summed E-state index contributed by atoms with van der Waals surface area (Å²) >= 11 is 0. The van der Waals surface area contributed by atoms with Gasteiger partial charge in [0.05, 0.1) is 5.69 Å². The molecule has 108 valence electrons. The van der Waals surface area contributed by atoms with Crippen LogP contribution in [0.15, 0.2) is 35.1 Å². The lowest BCUT2D eigenvalue weighted by atomic mass is 10.3. The Morgan fingerprint density at radius 3 is 2.95 bits per heavy atom. The molecule has 1 aliphatic rings. The summed E-state index contributed by atoms with van der Waals surface area (Å²) in [4.78, 5) is 23.6. The van der Waals surface area contributed by atoms with Crippen LogP contribution in [-0.4, -0.2) is 22.5 Å². The first-order valence-electron chi connectivity index (χ1n) is 6.36. The largest absolute Gasteiger partial charge is 0.454 e. The number of carbonyl (C=O) groups is 1. The van der Waals surface area contributed by atoms with Gasteiger partial charge in [0.25, 0.3) is 5.56 Å². The van der Waals surface area contributed by atoms with E-state index in [0.717, 1.165) is 4.68 Å². The summed E-state index contributed by atoms with van der Waals surface area (Å²) in [5.74, 6) is 0.886. The van der Waals surface area contributed by atoms with E-state index in [1.165, 1.54) is 6.07 Å². The Morgan fingerprint density at radius 1 is 1.29 bits per heavy atom. The number of fused-ring (bicyclic) bond motifs is 1. The van der Waals surface area contributed by atoms with Crippen LogP contribution in [0.5, 0.6) is 11.5 Å². The summed E-state index contributed by atoms with van der Waals surface area (Å²) < 4.78 is 11.5. The lowest BCUT2D eigenvalue weighted by Crippen LogP contribution is -2.29. The van der Waals surface area contributed by atoms with Gasteiger partial charge in [-0.05, 0) is 25.1 Å². The standard InChI is InChI=1S/C14H13N3O4/c1-9-2-5-14(19)17(16-9)7-13(18)15-10-3-4-11-12(6-10)21-8-20-11/h2-6H,7-8H2,1H3,(H,15,18). The molecule has 7 heteroatoms. The highest BCUT2D eigenvalue weighted by molar-refractivity contribution is 5.90. The molecule has 1 aromatic carbocycles. The van der Waals surface area contributed by atoms with E-state index in [4.69, 9.17) is 9.47 Å². The molecule has 0 bridgehead atoms. The van der Waals surface area contributed by atoms with Gasteiger partial charge in [0, 0.05) is 17.8 Å². The molecule has 0 fully saturated rings.